The first-order valence-electron chi connectivity index (χ1n) is 14.1. The van der Waals surface area contributed by atoms with Gasteiger partial charge in [-0.25, -0.2) is 4.79 Å². The highest BCUT2D eigenvalue weighted by atomic mass is 16.4. The van der Waals surface area contributed by atoms with E-state index in [1.54, 1.807) is 13.1 Å². The van der Waals surface area contributed by atoms with Crippen LogP contribution in [0.4, 0.5) is 0 Å². The molecule has 11 heteroatoms. The summed E-state index contributed by atoms with van der Waals surface area (Å²) >= 11 is 0. The number of carbonyl (C=O) groups is 5. The van der Waals surface area contributed by atoms with E-state index < -0.39 is 47.8 Å². The highest BCUT2D eigenvalue weighted by Gasteiger charge is 2.40. The van der Waals surface area contributed by atoms with Crippen LogP contribution in [0.3, 0.4) is 0 Å². The highest BCUT2D eigenvalue weighted by molar-refractivity contribution is 5.96. The molecule has 4 atom stereocenters. The number of hydrogen-bond acceptors (Lipinski definition) is 6. The average molecular weight is 567 g/mol. The molecule has 1 aliphatic rings. The lowest BCUT2D eigenvalue weighted by Crippen LogP contribution is -2.60. The standard InChI is InChI=1S/C29H50N4O7/c1-17(2)22(16-19(5)25(36)30-20(28(39)40)13-14-23(34)35)32(9)27(38)24(29(6,7)8)31-26(37)21-12-10-11-15-33(21)18(3)4/h16-18,20-22,24H,10-15H2,1-9H3,(H,30,36)(H,31,37)(H,34,35)(H,39,40)/b19-16+/t20-,21-,22-,24+/m1/s1. The lowest BCUT2D eigenvalue weighted by Gasteiger charge is -2.41. The molecule has 0 aliphatic carbocycles. The number of carbonyl (C=O) groups excluding carboxylic acids is 3. The predicted octanol–water partition coefficient (Wildman–Crippen LogP) is 2.64. The Bertz CT molecular complexity index is 955. The van der Waals surface area contributed by atoms with Gasteiger partial charge in [-0.3, -0.25) is 24.1 Å². The second-order valence-corrected chi connectivity index (χ2v) is 12.5. The summed E-state index contributed by atoms with van der Waals surface area (Å²) in [4.78, 5) is 66.2. The van der Waals surface area contributed by atoms with Crippen molar-refractivity contribution < 1.29 is 34.2 Å². The Labute approximate surface area is 238 Å². The lowest BCUT2D eigenvalue weighted by atomic mass is 9.84. The van der Waals surface area contributed by atoms with Crippen molar-refractivity contribution in [1.82, 2.24) is 20.4 Å². The maximum atomic E-state index is 13.9. The molecule has 1 rings (SSSR count). The molecule has 0 unspecified atom stereocenters. The predicted molar refractivity (Wildman–Crippen MR) is 152 cm³/mol. The molecular formula is C29H50N4O7. The van der Waals surface area contributed by atoms with Crippen molar-refractivity contribution >= 4 is 29.7 Å². The fourth-order valence-electron chi connectivity index (χ4n) is 4.97. The molecular weight excluding hydrogens is 516 g/mol. The van der Waals surface area contributed by atoms with E-state index in [0.717, 1.165) is 25.8 Å². The first kappa shape index (κ1) is 35.1. The molecule has 1 aliphatic heterocycles. The fourth-order valence-corrected chi connectivity index (χ4v) is 4.97. The molecule has 0 aromatic carbocycles. The first-order valence-corrected chi connectivity index (χ1v) is 14.1. The molecule has 1 fully saturated rings. The summed E-state index contributed by atoms with van der Waals surface area (Å²) in [5, 5.41) is 23.7. The van der Waals surface area contributed by atoms with Crippen molar-refractivity contribution in [2.24, 2.45) is 11.3 Å². The van der Waals surface area contributed by atoms with Gasteiger partial charge < -0.3 is 25.7 Å². The van der Waals surface area contributed by atoms with Crippen LogP contribution in [-0.4, -0.2) is 93.5 Å². The molecule has 1 heterocycles. The highest BCUT2D eigenvalue weighted by Crippen LogP contribution is 2.26. The number of likely N-dealkylation sites (N-methyl/N-ethyl adjacent to an activating group) is 1. The van der Waals surface area contributed by atoms with Crippen LogP contribution in [-0.2, 0) is 24.0 Å². The topological polar surface area (TPSA) is 156 Å². The molecule has 0 spiro atoms. The van der Waals surface area contributed by atoms with Crippen LogP contribution in [0.15, 0.2) is 11.6 Å². The number of nitrogens with one attached hydrogen (secondary N) is 2. The quantitative estimate of drug-likeness (QED) is 0.248. The Morgan fingerprint density at radius 1 is 1.02 bits per heavy atom. The summed E-state index contributed by atoms with van der Waals surface area (Å²) in [6.07, 6.45) is 3.68. The number of nitrogens with zero attached hydrogens (tertiary/aromatic N) is 2. The molecule has 0 aromatic heterocycles. The van der Waals surface area contributed by atoms with E-state index in [9.17, 15) is 29.1 Å². The van der Waals surface area contributed by atoms with E-state index in [1.165, 1.54) is 11.8 Å². The number of likely N-dealkylation sites (tertiary alicyclic amines) is 1. The SMILES string of the molecule is C/C(=C\[C@H](C(C)C)N(C)C(=O)[C@H](NC(=O)[C@H]1CCCCN1C(C)C)C(C)(C)C)C(=O)N[C@H](CCC(=O)O)C(=O)O. The first-order chi connectivity index (χ1) is 18.4. The third-order valence-electron chi connectivity index (χ3n) is 7.42. The summed E-state index contributed by atoms with van der Waals surface area (Å²) in [5.41, 5.74) is -0.388. The molecule has 0 aromatic rings. The summed E-state index contributed by atoms with van der Waals surface area (Å²) in [7, 11) is 1.63. The van der Waals surface area contributed by atoms with Crippen LogP contribution in [0.2, 0.25) is 0 Å². The molecule has 3 amide bonds. The maximum Gasteiger partial charge on any atom is 0.326 e. The molecule has 0 saturated carbocycles. The second-order valence-electron chi connectivity index (χ2n) is 12.5. The minimum Gasteiger partial charge on any atom is -0.481 e. The number of carboxylic acid groups (broad SMARTS) is 2. The fraction of sp³-hybridized carbons (Fsp3) is 0.759. The zero-order chi connectivity index (χ0) is 30.9. The molecule has 11 nitrogen and oxygen atoms in total. The zero-order valence-corrected chi connectivity index (χ0v) is 25.6. The zero-order valence-electron chi connectivity index (χ0n) is 25.6. The van der Waals surface area contributed by atoms with E-state index in [2.05, 4.69) is 29.4 Å². The largest absolute Gasteiger partial charge is 0.481 e. The molecule has 1 saturated heterocycles. The van der Waals surface area contributed by atoms with Gasteiger partial charge in [0.2, 0.25) is 17.7 Å². The van der Waals surface area contributed by atoms with Gasteiger partial charge >= 0.3 is 11.9 Å². The normalized spacial score (nSPS) is 19.1. The van der Waals surface area contributed by atoms with Gasteiger partial charge in [0.05, 0.1) is 12.1 Å². The van der Waals surface area contributed by atoms with E-state index >= 15 is 0 Å². The average Bonchev–Trinajstić information content (AvgIpc) is 2.85. The van der Waals surface area contributed by atoms with E-state index in [4.69, 9.17) is 5.11 Å². The third-order valence-corrected chi connectivity index (χ3v) is 7.42. The van der Waals surface area contributed by atoms with Gasteiger partial charge in [-0.15, -0.1) is 0 Å². The monoisotopic (exact) mass is 566 g/mol. The van der Waals surface area contributed by atoms with Crippen LogP contribution in [0.25, 0.3) is 0 Å². The van der Waals surface area contributed by atoms with Gasteiger partial charge in [-0.1, -0.05) is 47.1 Å². The van der Waals surface area contributed by atoms with Crippen molar-refractivity contribution in [3.05, 3.63) is 11.6 Å². The van der Waals surface area contributed by atoms with E-state index in [0.29, 0.717) is 0 Å². The molecule has 40 heavy (non-hydrogen) atoms. The van der Waals surface area contributed by atoms with Gasteiger partial charge in [0.15, 0.2) is 0 Å². The Morgan fingerprint density at radius 2 is 1.62 bits per heavy atom. The van der Waals surface area contributed by atoms with Crippen LogP contribution in [0, 0.1) is 11.3 Å². The van der Waals surface area contributed by atoms with Crippen molar-refractivity contribution in [2.45, 2.75) is 118 Å². The number of amides is 3. The number of hydrogen-bond donors (Lipinski definition) is 4. The van der Waals surface area contributed by atoms with E-state index in [-0.39, 0.29) is 41.8 Å². The van der Waals surface area contributed by atoms with Gasteiger partial charge in [0.1, 0.15) is 12.1 Å². The number of carboxylic acids is 2. The number of piperidine rings is 1. The number of aliphatic carboxylic acids is 2. The Hall–Kier alpha value is -2.95. The van der Waals surface area contributed by atoms with Crippen LogP contribution in [0.5, 0.6) is 0 Å². The van der Waals surface area contributed by atoms with Gasteiger partial charge in [-0.2, -0.15) is 0 Å². The second kappa shape index (κ2) is 15.2. The van der Waals surface area contributed by atoms with Crippen molar-refractivity contribution in [2.75, 3.05) is 13.6 Å². The van der Waals surface area contributed by atoms with Crippen molar-refractivity contribution in [3.8, 4) is 0 Å². The van der Waals surface area contributed by atoms with Gasteiger partial charge in [0.25, 0.3) is 0 Å². The van der Waals surface area contributed by atoms with Crippen molar-refractivity contribution in [3.63, 3.8) is 0 Å². The molecule has 0 radical (unpaired) electrons. The summed E-state index contributed by atoms with van der Waals surface area (Å²) in [6, 6.07) is -2.78. The Morgan fingerprint density at radius 3 is 2.10 bits per heavy atom. The Kier molecular flexibility index (Phi) is 13.3. The van der Waals surface area contributed by atoms with Gasteiger partial charge in [-0.05, 0) is 57.9 Å². The number of rotatable bonds is 13. The van der Waals surface area contributed by atoms with Crippen molar-refractivity contribution in [1.29, 1.82) is 0 Å². The summed E-state index contributed by atoms with van der Waals surface area (Å²) in [5.74, 6) is -3.70. The summed E-state index contributed by atoms with van der Waals surface area (Å²) < 4.78 is 0. The lowest BCUT2D eigenvalue weighted by molar-refractivity contribution is -0.142. The maximum absolute atomic E-state index is 13.9. The molecule has 228 valence electrons. The van der Waals surface area contributed by atoms with E-state index in [1.807, 2.05) is 34.6 Å². The third kappa shape index (κ3) is 10.2. The van der Waals surface area contributed by atoms with Crippen LogP contribution < -0.4 is 10.6 Å². The minimum atomic E-state index is -1.35. The van der Waals surface area contributed by atoms with Gasteiger partial charge in [0, 0.05) is 25.1 Å². The minimum absolute atomic E-state index is 0.106. The smallest absolute Gasteiger partial charge is 0.326 e. The van der Waals surface area contributed by atoms with Crippen LogP contribution >= 0.6 is 0 Å². The van der Waals surface area contributed by atoms with Crippen LogP contribution in [0.1, 0.15) is 87.5 Å². The summed E-state index contributed by atoms with van der Waals surface area (Å²) in [6.45, 7) is 16.0. The molecule has 0 bridgehead atoms. The Balaban J connectivity index is 3.16. The molecule has 4 N–H and O–H groups in total.